The normalized spacial score (nSPS) is 26.1. The topological polar surface area (TPSA) is 228 Å². The summed E-state index contributed by atoms with van der Waals surface area (Å²) in [5.41, 5.74) is 0. The van der Waals surface area contributed by atoms with Crippen molar-refractivity contribution in [3.05, 3.63) is 24.3 Å². The number of rotatable bonds is 45. The van der Waals surface area contributed by atoms with Gasteiger partial charge in [-0.2, -0.15) is 0 Å². The van der Waals surface area contributed by atoms with Crippen LogP contribution in [-0.4, -0.2) is 140 Å². The number of nitrogens with one attached hydrogen (secondary N) is 1. The van der Waals surface area contributed by atoms with Crippen molar-refractivity contribution in [3.63, 3.8) is 0 Å². The molecule has 2 heterocycles. The highest BCUT2D eigenvalue weighted by Gasteiger charge is 2.51. The van der Waals surface area contributed by atoms with E-state index in [0.29, 0.717) is 12.8 Å². The van der Waals surface area contributed by atoms with Gasteiger partial charge in [0, 0.05) is 6.42 Å². The van der Waals surface area contributed by atoms with Crippen molar-refractivity contribution in [1.29, 1.82) is 0 Å². The Kier molecular flexibility index (Phi) is 39.5. The van der Waals surface area contributed by atoms with E-state index in [1.54, 1.807) is 6.08 Å². The van der Waals surface area contributed by atoms with Gasteiger partial charge in [0.25, 0.3) is 0 Å². The van der Waals surface area contributed by atoms with E-state index in [4.69, 9.17) is 18.9 Å². The van der Waals surface area contributed by atoms with E-state index < -0.39 is 86.8 Å². The summed E-state index contributed by atoms with van der Waals surface area (Å²) in [6.45, 7) is 2.79. The molecule has 2 aliphatic rings. The number of hydrogen-bond acceptors (Lipinski definition) is 13. The van der Waals surface area contributed by atoms with Crippen LogP contribution in [0.3, 0.4) is 0 Å². The van der Waals surface area contributed by atoms with Crippen LogP contribution in [0.5, 0.6) is 0 Å². The van der Waals surface area contributed by atoms with E-state index in [1.807, 2.05) is 6.08 Å². The van der Waals surface area contributed by atoms with Crippen LogP contribution in [0.4, 0.5) is 0 Å². The molecular weight excluding hydrogens is 895 g/mol. The fourth-order valence-electron chi connectivity index (χ4n) is 9.48. The SMILES string of the molecule is CCCCCCCCCCCCCCCCC/C=C/CC/C=C/C(O)C(COC1OC(CO)C(OC2OC(CO)C(O)C(O)C2O)C(O)C1O)NC(=O)CCCCCCCCCCCCCCCCC. The second-order valence-corrected chi connectivity index (χ2v) is 20.4. The van der Waals surface area contributed by atoms with Crippen molar-refractivity contribution < 1.29 is 64.6 Å². The van der Waals surface area contributed by atoms with Gasteiger partial charge in [0.1, 0.15) is 48.8 Å². The molecule has 14 heteroatoms. The third-order valence-electron chi connectivity index (χ3n) is 14.1. The Labute approximate surface area is 424 Å². The van der Waals surface area contributed by atoms with Gasteiger partial charge in [-0.05, 0) is 32.1 Å². The molecule has 0 aromatic heterocycles. The number of amides is 1. The molecule has 14 nitrogen and oxygen atoms in total. The first-order chi connectivity index (χ1) is 34.1. The lowest BCUT2D eigenvalue weighted by Gasteiger charge is -2.46. The molecule has 2 rings (SSSR count). The van der Waals surface area contributed by atoms with E-state index >= 15 is 0 Å². The van der Waals surface area contributed by atoms with Crippen molar-refractivity contribution in [2.24, 2.45) is 0 Å². The second-order valence-electron chi connectivity index (χ2n) is 20.4. The van der Waals surface area contributed by atoms with Crippen molar-refractivity contribution in [3.8, 4) is 0 Å². The Morgan fingerprint density at radius 3 is 1.40 bits per heavy atom. The lowest BCUT2D eigenvalue weighted by atomic mass is 9.97. The second kappa shape index (κ2) is 42.8. The average molecular weight is 1000 g/mol. The summed E-state index contributed by atoms with van der Waals surface area (Å²) in [6.07, 6.45) is 32.2. The van der Waals surface area contributed by atoms with E-state index in [9.17, 15) is 45.6 Å². The Morgan fingerprint density at radius 2 is 0.914 bits per heavy atom. The molecule has 1 amide bonds. The first-order valence-electron chi connectivity index (χ1n) is 28.6. The van der Waals surface area contributed by atoms with Gasteiger partial charge in [-0.25, -0.2) is 0 Å². The smallest absolute Gasteiger partial charge is 0.220 e. The predicted octanol–water partition coefficient (Wildman–Crippen LogP) is 8.89. The van der Waals surface area contributed by atoms with Crippen LogP contribution < -0.4 is 5.32 Å². The number of ether oxygens (including phenoxy) is 4. The number of hydrogen-bond donors (Lipinski definition) is 9. The fraction of sp³-hybridized carbons (Fsp3) is 0.911. The van der Waals surface area contributed by atoms with Crippen LogP contribution in [0.15, 0.2) is 24.3 Å². The summed E-state index contributed by atoms with van der Waals surface area (Å²) < 4.78 is 22.7. The zero-order chi connectivity index (χ0) is 51.0. The fourth-order valence-corrected chi connectivity index (χ4v) is 9.48. The van der Waals surface area contributed by atoms with E-state index in [-0.39, 0.29) is 18.9 Å². The van der Waals surface area contributed by atoms with Crippen LogP contribution in [0, 0.1) is 0 Å². The van der Waals surface area contributed by atoms with E-state index in [1.165, 1.54) is 167 Å². The first kappa shape index (κ1) is 64.6. The van der Waals surface area contributed by atoms with Crippen molar-refractivity contribution in [2.45, 2.75) is 306 Å². The minimum atomic E-state index is -1.79. The van der Waals surface area contributed by atoms with E-state index in [0.717, 1.165) is 32.1 Å². The van der Waals surface area contributed by atoms with Crippen molar-refractivity contribution in [2.75, 3.05) is 19.8 Å². The quantitative estimate of drug-likeness (QED) is 0.0205. The largest absolute Gasteiger partial charge is 0.394 e. The number of carbonyl (C=O) groups is 1. The van der Waals surface area contributed by atoms with Gasteiger partial charge in [0.05, 0.1) is 32.0 Å². The molecule has 0 bridgehead atoms. The van der Waals surface area contributed by atoms with Crippen LogP contribution in [0.2, 0.25) is 0 Å². The van der Waals surface area contributed by atoms with Gasteiger partial charge in [-0.1, -0.05) is 218 Å². The molecule has 2 saturated heterocycles. The molecular formula is C56H105NO13. The van der Waals surface area contributed by atoms with Gasteiger partial charge in [0.2, 0.25) is 5.91 Å². The van der Waals surface area contributed by atoms with E-state index in [2.05, 4.69) is 31.3 Å². The minimum absolute atomic E-state index is 0.246. The number of unbranched alkanes of at least 4 members (excludes halogenated alkanes) is 30. The highest BCUT2D eigenvalue weighted by molar-refractivity contribution is 5.76. The summed E-state index contributed by atoms with van der Waals surface area (Å²) in [4.78, 5) is 13.2. The average Bonchev–Trinajstić information content (AvgIpc) is 3.36. The van der Waals surface area contributed by atoms with Crippen LogP contribution in [0.25, 0.3) is 0 Å². The summed E-state index contributed by atoms with van der Waals surface area (Å²) in [6, 6.07) is -0.927. The van der Waals surface area contributed by atoms with Crippen LogP contribution >= 0.6 is 0 Å². The molecule has 0 spiro atoms. The highest BCUT2D eigenvalue weighted by atomic mass is 16.7. The van der Waals surface area contributed by atoms with Crippen molar-refractivity contribution >= 4 is 5.91 Å². The van der Waals surface area contributed by atoms with Crippen LogP contribution in [-0.2, 0) is 23.7 Å². The molecule has 412 valence electrons. The Hall–Kier alpha value is -1.53. The third-order valence-corrected chi connectivity index (χ3v) is 14.1. The number of allylic oxidation sites excluding steroid dienone is 3. The maximum atomic E-state index is 13.2. The molecule has 2 aliphatic heterocycles. The molecule has 12 atom stereocenters. The first-order valence-corrected chi connectivity index (χ1v) is 28.6. The Balaban J connectivity index is 1.81. The molecule has 0 aliphatic carbocycles. The van der Waals surface area contributed by atoms with Gasteiger partial charge >= 0.3 is 0 Å². The minimum Gasteiger partial charge on any atom is -0.394 e. The van der Waals surface area contributed by atoms with Crippen molar-refractivity contribution in [1.82, 2.24) is 5.32 Å². The summed E-state index contributed by atoms with van der Waals surface area (Å²) in [7, 11) is 0. The zero-order valence-electron chi connectivity index (χ0n) is 44.0. The number of aliphatic hydroxyl groups excluding tert-OH is 8. The van der Waals surface area contributed by atoms with Crippen LogP contribution in [0.1, 0.15) is 232 Å². The van der Waals surface area contributed by atoms with Gasteiger partial charge in [-0.15, -0.1) is 0 Å². The zero-order valence-corrected chi connectivity index (χ0v) is 44.0. The Bertz CT molecular complexity index is 1270. The van der Waals surface area contributed by atoms with Gasteiger partial charge in [-0.3, -0.25) is 4.79 Å². The molecule has 0 aromatic rings. The van der Waals surface area contributed by atoms with Gasteiger partial charge in [0.15, 0.2) is 12.6 Å². The molecule has 0 aromatic carbocycles. The third kappa shape index (κ3) is 28.8. The summed E-state index contributed by atoms with van der Waals surface area (Å²) in [5, 5.41) is 86.9. The standard InChI is InChI=1S/C56H105NO13/c1-3-5-7-9-11-13-15-17-19-20-21-22-23-24-26-27-29-31-33-35-37-39-45(60)44(57-48(61)40-38-36-34-32-30-28-25-18-16-14-12-10-8-6-4-2)43-67-55-53(66)51(64)54(47(42-59)69-55)70-56-52(65)50(63)49(62)46(41-58)68-56/h29,31,37,39,44-47,49-56,58-60,62-66H,3-28,30,32-36,38,40-43H2,1-2H3,(H,57,61)/b31-29+,39-37+. The highest BCUT2D eigenvalue weighted by Crippen LogP contribution is 2.30. The predicted molar refractivity (Wildman–Crippen MR) is 277 cm³/mol. The maximum absolute atomic E-state index is 13.2. The lowest BCUT2D eigenvalue weighted by Crippen LogP contribution is -2.65. The monoisotopic (exact) mass is 1000 g/mol. The molecule has 0 radical (unpaired) electrons. The number of carbonyl (C=O) groups excluding carboxylic acids is 1. The van der Waals surface area contributed by atoms with Gasteiger partial charge < -0.3 is 65.1 Å². The lowest BCUT2D eigenvalue weighted by molar-refractivity contribution is -0.359. The summed E-state index contributed by atoms with van der Waals surface area (Å²) in [5.74, 6) is -0.246. The molecule has 12 unspecified atom stereocenters. The number of aliphatic hydroxyl groups is 8. The molecule has 9 N–H and O–H groups in total. The molecule has 70 heavy (non-hydrogen) atoms. The maximum Gasteiger partial charge on any atom is 0.220 e. The summed E-state index contributed by atoms with van der Waals surface area (Å²) >= 11 is 0. The Morgan fingerprint density at radius 1 is 0.500 bits per heavy atom. The molecule has 0 saturated carbocycles. The molecule has 2 fully saturated rings.